The van der Waals surface area contributed by atoms with Crippen molar-refractivity contribution >= 4 is 0 Å². The third-order valence-corrected chi connectivity index (χ3v) is 2.92. The molecule has 1 heterocycles. The first kappa shape index (κ1) is 10.3. The number of benzene rings is 1. The molecule has 0 spiro atoms. The van der Waals surface area contributed by atoms with Gasteiger partial charge in [0.25, 0.3) is 0 Å². The van der Waals surface area contributed by atoms with Gasteiger partial charge in [0.05, 0.1) is 13.7 Å². The Morgan fingerprint density at radius 1 is 1.35 bits per heavy atom. The van der Waals surface area contributed by atoms with Crippen molar-refractivity contribution in [1.29, 1.82) is 0 Å². The van der Waals surface area contributed by atoms with Crippen molar-refractivity contribution in [1.82, 2.24) is 20.2 Å². The smallest absolute Gasteiger partial charge is 0.177 e. The maximum Gasteiger partial charge on any atom is 0.177 e. The Bertz CT molecular complexity index is 519. The van der Waals surface area contributed by atoms with Crippen molar-refractivity contribution in [3.05, 3.63) is 35.7 Å². The van der Waals surface area contributed by atoms with E-state index in [1.807, 2.05) is 24.3 Å². The Kier molecular flexibility index (Phi) is 2.51. The standard InChI is InChI=1S/C12H14N4O/c1-17-11-5-3-2-4-10(11)8-16-14-12(13-15-16)9-6-7-9/h2-5,9H,6-8H2,1H3. The molecule has 0 atom stereocenters. The second-order valence-corrected chi connectivity index (χ2v) is 4.26. The van der Waals surface area contributed by atoms with Gasteiger partial charge in [-0.2, -0.15) is 4.80 Å². The minimum Gasteiger partial charge on any atom is -0.496 e. The highest BCUT2D eigenvalue weighted by Crippen LogP contribution is 2.37. The molecule has 3 rings (SSSR count). The van der Waals surface area contributed by atoms with E-state index in [-0.39, 0.29) is 0 Å². The summed E-state index contributed by atoms with van der Waals surface area (Å²) in [7, 11) is 1.67. The first-order chi connectivity index (χ1) is 8.36. The maximum absolute atomic E-state index is 5.29. The van der Waals surface area contributed by atoms with Crippen LogP contribution in [-0.4, -0.2) is 27.3 Å². The number of aromatic nitrogens is 4. The lowest BCUT2D eigenvalue weighted by atomic mass is 10.2. The highest BCUT2D eigenvalue weighted by molar-refractivity contribution is 5.33. The fraction of sp³-hybridized carbons (Fsp3) is 0.417. The van der Waals surface area contributed by atoms with Crippen LogP contribution in [0, 0.1) is 0 Å². The second kappa shape index (κ2) is 4.16. The van der Waals surface area contributed by atoms with Crippen LogP contribution >= 0.6 is 0 Å². The number of ether oxygens (including phenoxy) is 1. The van der Waals surface area contributed by atoms with Gasteiger partial charge in [-0.1, -0.05) is 18.2 Å². The quantitative estimate of drug-likeness (QED) is 0.800. The highest BCUT2D eigenvalue weighted by Gasteiger charge is 2.28. The molecular formula is C12H14N4O. The molecule has 1 aromatic heterocycles. The van der Waals surface area contributed by atoms with Crippen LogP contribution < -0.4 is 4.74 Å². The van der Waals surface area contributed by atoms with E-state index < -0.39 is 0 Å². The largest absolute Gasteiger partial charge is 0.496 e. The minimum atomic E-state index is 0.543. The number of tetrazole rings is 1. The molecular weight excluding hydrogens is 216 g/mol. The number of methoxy groups -OCH3 is 1. The highest BCUT2D eigenvalue weighted by atomic mass is 16.5. The summed E-state index contributed by atoms with van der Waals surface area (Å²) in [4.78, 5) is 1.63. The molecule has 1 aliphatic rings. The van der Waals surface area contributed by atoms with Crippen molar-refractivity contribution in [2.75, 3.05) is 7.11 Å². The van der Waals surface area contributed by atoms with Gasteiger partial charge in [-0.15, -0.1) is 10.2 Å². The lowest BCUT2D eigenvalue weighted by molar-refractivity contribution is 0.405. The Morgan fingerprint density at radius 3 is 2.94 bits per heavy atom. The van der Waals surface area contributed by atoms with Gasteiger partial charge in [-0.3, -0.25) is 0 Å². The molecule has 0 aliphatic heterocycles. The molecule has 0 amide bonds. The zero-order chi connectivity index (χ0) is 11.7. The maximum atomic E-state index is 5.29. The molecule has 5 nitrogen and oxygen atoms in total. The first-order valence-corrected chi connectivity index (χ1v) is 5.76. The van der Waals surface area contributed by atoms with Crippen LogP contribution in [0.25, 0.3) is 0 Å². The van der Waals surface area contributed by atoms with E-state index in [1.54, 1.807) is 11.9 Å². The average molecular weight is 230 g/mol. The Morgan fingerprint density at radius 2 is 2.18 bits per heavy atom. The van der Waals surface area contributed by atoms with Crippen LogP contribution in [0.1, 0.15) is 30.1 Å². The van der Waals surface area contributed by atoms with Gasteiger partial charge in [-0.05, 0) is 24.1 Å². The summed E-state index contributed by atoms with van der Waals surface area (Å²) in [6.07, 6.45) is 2.39. The molecule has 2 aromatic rings. The molecule has 5 heteroatoms. The van der Waals surface area contributed by atoms with Gasteiger partial charge in [0.1, 0.15) is 5.75 Å². The Hall–Kier alpha value is -1.91. The number of nitrogens with zero attached hydrogens (tertiary/aromatic N) is 4. The van der Waals surface area contributed by atoms with Crippen molar-refractivity contribution in [3.63, 3.8) is 0 Å². The van der Waals surface area contributed by atoms with E-state index in [0.717, 1.165) is 17.1 Å². The summed E-state index contributed by atoms with van der Waals surface area (Å²) in [5, 5.41) is 12.5. The topological polar surface area (TPSA) is 52.8 Å². The normalized spacial score (nSPS) is 14.9. The Labute approximate surface area is 99.4 Å². The molecule has 0 bridgehead atoms. The molecule has 1 fully saturated rings. The van der Waals surface area contributed by atoms with Crippen LogP contribution in [-0.2, 0) is 6.54 Å². The van der Waals surface area contributed by atoms with Crippen LogP contribution in [0.5, 0.6) is 5.75 Å². The number of hydrogen-bond acceptors (Lipinski definition) is 4. The minimum absolute atomic E-state index is 0.543. The zero-order valence-electron chi connectivity index (χ0n) is 9.71. The van der Waals surface area contributed by atoms with Gasteiger partial charge in [0.2, 0.25) is 0 Å². The molecule has 1 aliphatic carbocycles. The van der Waals surface area contributed by atoms with E-state index in [1.165, 1.54) is 12.8 Å². The molecule has 0 N–H and O–H groups in total. The average Bonchev–Trinajstić information content (AvgIpc) is 3.11. The van der Waals surface area contributed by atoms with Crippen molar-refractivity contribution in [2.24, 2.45) is 0 Å². The fourth-order valence-electron chi connectivity index (χ4n) is 1.81. The van der Waals surface area contributed by atoms with E-state index in [4.69, 9.17) is 4.74 Å². The van der Waals surface area contributed by atoms with E-state index in [9.17, 15) is 0 Å². The summed E-state index contributed by atoms with van der Waals surface area (Å²) in [6.45, 7) is 0.601. The van der Waals surface area contributed by atoms with Gasteiger partial charge in [0.15, 0.2) is 5.82 Å². The number of hydrogen-bond donors (Lipinski definition) is 0. The van der Waals surface area contributed by atoms with Crippen LogP contribution in [0.4, 0.5) is 0 Å². The number of rotatable bonds is 4. The Balaban J connectivity index is 1.80. The van der Waals surface area contributed by atoms with Gasteiger partial charge in [-0.25, -0.2) is 0 Å². The van der Waals surface area contributed by atoms with Crippen LogP contribution in [0.3, 0.4) is 0 Å². The molecule has 0 saturated heterocycles. The summed E-state index contributed by atoms with van der Waals surface area (Å²) in [5.74, 6) is 2.28. The SMILES string of the molecule is COc1ccccc1Cn1nnc(C2CC2)n1. The van der Waals surface area contributed by atoms with E-state index in [2.05, 4.69) is 15.4 Å². The third-order valence-electron chi connectivity index (χ3n) is 2.92. The summed E-state index contributed by atoms with van der Waals surface area (Å²) in [5.41, 5.74) is 1.06. The summed E-state index contributed by atoms with van der Waals surface area (Å²) < 4.78 is 5.29. The van der Waals surface area contributed by atoms with Crippen molar-refractivity contribution in [3.8, 4) is 5.75 Å². The monoisotopic (exact) mass is 230 g/mol. The number of para-hydroxylation sites is 1. The van der Waals surface area contributed by atoms with Gasteiger partial charge < -0.3 is 4.74 Å². The summed E-state index contributed by atoms with van der Waals surface area (Å²) >= 11 is 0. The predicted octanol–water partition coefficient (Wildman–Crippen LogP) is 1.61. The third kappa shape index (κ3) is 2.13. The molecule has 0 unspecified atom stereocenters. The first-order valence-electron chi connectivity index (χ1n) is 5.76. The van der Waals surface area contributed by atoms with Crippen molar-refractivity contribution < 1.29 is 4.74 Å². The molecule has 17 heavy (non-hydrogen) atoms. The van der Waals surface area contributed by atoms with Crippen molar-refractivity contribution in [2.45, 2.75) is 25.3 Å². The van der Waals surface area contributed by atoms with Gasteiger partial charge in [0, 0.05) is 11.5 Å². The second-order valence-electron chi connectivity index (χ2n) is 4.26. The van der Waals surface area contributed by atoms with E-state index in [0.29, 0.717) is 12.5 Å². The lowest BCUT2D eigenvalue weighted by Gasteiger charge is -2.06. The molecule has 1 aromatic carbocycles. The summed E-state index contributed by atoms with van der Waals surface area (Å²) in [6, 6.07) is 7.89. The lowest BCUT2D eigenvalue weighted by Crippen LogP contribution is -2.05. The predicted molar refractivity (Wildman–Crippen MR) is 61.9 cm³/mol. The van der Waals surface area contributed by atoms with Crippen LogP contribution in [0.15, 0.2) is 24.3 Å². The fourth-order valence-corrected chi connectivity index (χ4v) is 1.81. The van der Waals surface area contributed by atoms with E-state index >= 15 is 0 Å². The van der Waals surface area contributed by atoms with Gasteiger partial charge >= 0.3 is 0 Å². The molecule has 88 valence electrons. The zero-order valence-corrected chi connectivity index (χ0v) is 9.71. The molecule has 1 saturated carbocycles. The van der Waals surface area contributed by atoms with Crippen LogP contribution in [0.2, 0.25) is 0 Å². The molecule has 0 radical (unpaired) electrons.